The Hall–Kier alpha value is -1.95. The van der Waals surface area contributed by atoms with Gasteiger partial charge < -0.3 is 4.74 Å². The second-order valence-electron chi connectivity index (χ2n) is 3.22. The molecule has 17 heavy (non-hydrogen) atoms. The maximum Gasteiger partial charge on any atom is 0.306 e. The van der Waals surface area contributed by atoms with Gasteiger partial charge in [-0.1, -0.05) is 11.6 Å². The Bertz CT molecular complexity index is 618. The summed E-state index contributed by atoms with van der Waals surface area (Å²) in [7, 11) is 1.32. The molecule has 2 rings (SSSR count). The van der Waals surface area contributed by atoms with Crippen molar-refractivity contribution in [2.45, 2.75) is 0 Å². The number of pyridine rings is 1. The molecule has 0 N–H and O–H groups in total. The highest BCUT2D eigenvalue weighted by atomic mass is 35.5. The first-order valence-electron chi connectivity index (χ1n) is 4.50. The van der Waals surface area contributed by atoms with Gasteiger partial charge in [0.25, 0.3) is 0 Å². The first-order chi connectivity index (χ1) is 8.04. The number of rotatable bonds is 2. The van der Waals surface area contributed by atoms with Crippen molar-refractivity contribution in [3.05, 3.63) is 39.3 Å². The van der Waals surface area contributed by atoms with Gasteiger partial charge in [-0.3, -0.25) is 10.1 Å². The van der Waals surface area contributed by atoms with E-state index in [1.807, 2.05) is 0 Å². The van der Waals surface area contributed by atoms with Gasteiger partial charge in [0.15, 0.2) is 11.6 Å². The zero-order chi connectivity index (χ0) is 12.6. The average molecular weight is 257 g/mol. The van der Waals surface area contributed by atoms with E-state index in [4.69, 9.17) is 16.3 Å². The van der Waals surface area contributed by atoms with Gasteiger partial charge in [0.1, 0.15) is 11.2 Å². The van der Waals surface area contributed by atoms with Crippen LogP contribution in [0, 0.1) is 15.9 Å². The molecule has 0 aliphatic carbocycles. The van der Waals surface area contributed by atoms with Crippen molar-refractivity contribution < 1.29 is 14.1 Å². The number of halogens is 2. The summed E-state index contributed by atoms with van der Waals surface area (Å²) in [6.07, 6.45) is 1.03. The van der Waals surface area contributed by atoms with E-state index >= 15 is 0 Å². The van der Waals surface area contributed by atoms with Crippen LogP contribution in [0.15, 0.2) is 18.3 Å². The monoisotopic (exact) mass is 256 g/mol. The molecular formula is C10H6ClFN2O3. The summed E-state index contributed by atoms with van der Waals surface area (Å²) in [6, 6.07) is 2.40. The Morgan fingerprint density at radius 3 is 2.82 bits per heavy atom. The van der Waals surface area contributed by atoms with Gasteiger partial charge in [-0.25, -0.2) is 9.37 Å². The van der Waals surface area contributed by atoms with Crippen molar-refractivity contribution in [2.75, 3.05) is 7.11 Å². The van der Waals surface area contributed by atoms with Crippen LogP contribution in [0.3, 0.4) is 0 Å². The summed E-state index contributed by atoms with van der Waals surface area (Å²) in [6.45, 7) is 0. The van der Waals surface area contributed by atoms with Crippen molar-refractivity contribution in [3.8, 4) is 5.75 Å². The SMILES string of the molecule is COc1cc2ncc([N+](=O)[O-])c(Cl)c2cc1F. The van der Waals surface area contributed by atoms with Gasteiger partial charge in [0.05, 0.1) is 17.5 Å². The van der Waals surface area contributed by atoms with E-state index in [2.05, 4.69) is 4.98 Å². The van der Waals surface area contributed by atoms with Crippen LogP contribution in [0.2, 0.25) is 5.02 Å². The molecule has 0 amide bonds. The molecule has 0 aliphatic heterocycles. The lowest BCUT2D eigenvalue weighted by Crippen LogP contribution is -1.94. The van der Waals surface area contributed by atoms with Gasteiger partial charge in [-0.05, 0) is 6.07 Å². The maximum absolute atomic E-state index is 13.5. The van der Waals surface area contributed by atoms with E-state index in [1.165, 1.54) is 13.2 Å². The zero-order valence-electron chi connectivity index (χ0n) is 8.61. The van der Waals surface area contributed by atoms with Crippen LogP contribution < -0.4 is 4.74 Å². The summed E-state index contributed by atoms with van der Waals surface area (Å²) in [4.78, 5) is 13.8. The number of fused-ring (bicyclic) bond motifs is 1. The number of benzene rings is 1. The third kappa shape index (κ3) is 1.87. The van der Waals surface area contributed by atoms with E-state index in [1.54, 1.807) is 0 Å². The highest BCUT2D eigenvalue weighted by Crippen LogP contribution is 2.33. The molecule has 7 heteroatoms. The Morgan fingerprint density at radius 2 is 2.24 bits per heavy atom. The molecule has 0 atom stereocenters. The Kier molecular flexibility index (Phi) is 2.81. The first kappa shape index (κ1) is 11.5. The molecular weight excluding hydrogens is 251 g/mol. The molecule has 0 bridgehead atoms. The predicted octanol–water partition coefficient (Wildman–Crippen LogP) is 2.94. The summed E-state index contributed by atoms with van der Waals surface area (Å²) in [5, 5.41) is 10.7. The lowest BCUT2D eigenvalue weighted by Gasteiger charge is -2.05. The minimum absolute atomic E-state index is 0.00918. The number of methoxy groups -OCH3 is 1. The fraction of sp³-hybridized carbons (Fsp3) is 0.100. The lowest BCUT2D eigenvalue weighted by atomic mass is 10.2. The molecule has 0 spiro atoms. The van der Waals surface area contributed by atoms with Gasteiger partial charge in [0, 0.05) is 11.5 Å². The molecule has 2 aromatic rings. The van der Waals surface area contributed by atoms with Crippen molar-refractivity contribution in [1.82, 2.24) is 4.98 Å². The van der Waals surface area contributed by atoms with E-state index in [-0.39, 0.29) is 21.8 Å². The molecule has 1 aromatic carbocycles. The summed E-state index contributed by atoms with van der Waals surface area (Å²) < 4.78 is 18.2. The second-order valence-corrected chi connectivity index (χ2v) is 3.60. The largest absolute Gasteiger partial charge is 0.494 e. The molecule has 0 unspecified atom stereocenters. The molecule has 1 aromatic heterocycles. The number of aromatic nitrogens is 1. The van der Waals surface area contributed by atoms with Crippen LogP contribution in [0.25, 0.3) is 10.9 Å². The van der Waals surface area contributed by atoms with Gasteiger partial charge in [0.2, 0.25) is 0 Å². The average Bonchev–Trinajstić information content (AvgIpc) is 2.29. The zero-order valence-corrected chi connectivity index (χ0v) is 9.36. The van der Waals surface area contributed by atoms with Crippen molar-refractivity contribution in [2.24, 2.45) is 0 Å². The molecule has 0 saturated carbocycles. The van der Waals surface area contributed by atoms with Crippen LogP contribution in [-0.2, 0) is 0 Å². The van der Waals surface area contributed by atoms with Crippen molar-refractivity contribution >= 4 is 28.2 Å². The molecule has 0 radical (unpaired) electrons. The van der Waals surface area contributed by atoms with E-state index < -0.39 is 10.7 Å². The van der Waals surface area contributed by atoms with Gasteiger partial charge >= 0.3 is 5.69 Å². The number of nitro groups is 1. The Balaban J connectivity index is 2.78. The lowest BCUT2D eigenvalue weighted by molar-refractivity contribution is -0.384. The number of hydrogen-bond acceptors (Lipinski definition) is 4. The van der Waals surface area contributed by atoms with Crippen LogP contribution in [0.1, 0.15) is 0 Å². The van der Waals surface area contributed by atoms with E-state index in [0.29, 0.717) is 5.52 Å². The van der Waals surface area contributed by atoms with Crippen LogP contribution in [0.4, 0.5) is 10.1 Å². The minimum Gasteiger partial charge on any atom is -0.494 e. The molecule has 0 fully saturated rings. The van der Waals surface area contributed by atoms with E-state index in [9.17, 15) is 14.5 Å². The van der Waals surface area contributed by atoms with Crippen molar-refractivity contribution in [3.63, 3.8) is 0 Å². The number of nitrogens with zero attached hydrogens (tertiary/aromatic N) is 2. The standard InChI is InChI=1S/C10H6ClFN2O3/c1-17-9-3-7-5(2-6(9)12)10(11)8(4-13-7)14(15)16/h2-4H,1H3. The van der Waals surface area contributed by atoms with E-state index in [0.717, 1.165) is 12.3 Å². The smallest absolute Gasteiger partial charge is 0.306 e. The minimum atomic E-state index is -0.670. The highest BCUT2D eigenvalue weighted by molar-refractivity contribution is 6.37. The van der Waals surface area contributed by atoms with Crippen LogP contribution in [-0.4, -0.2) is 17.0 Å². The second kappa shape index (κ2) is 4.14. The van der Waals surface area contributed by atoms with Crippen LogP contribution >= 0.6 is 11.6 Å². The molecule has 0 saturated heterocycles. The number of hydrogen-bond donors (Lipinski definition) is 0. The normalized spacial score (nSPS) is 10.5. The Labute approximate surface area is 99.9 Å². The van der Waals surface area contributed by atoms with Crippen molar-refractivity contribution in [1.29, 1.82) is 0 Å². The fourth-order valence-electron chi connectivity index (χ4n) is 1.43. The topological polar surface area (TPSA) is 65.3 Å². The predicted molar refractivity (Wildman–Crippen MR) is 59.9 cm³/mol. The molecule has 0 aliphatic rings. The fourth-order valence-corrected chi connectivity index (χ4v) is 1.70. The first-order valence-corrected chi connectivity index (χ1v) is 4.88. The third-order valence-electron chi connectivity index (χ3n) is 2.25. The molecule has 5 nitrogen and oxygen atoms in total. The van der Waals surface area contributed by atoms with Gasteiger partial charge in [-0.15, -0.1) is 0 Å². The third-order valence-corrected chi connectivity index (χ3v) is 2.65. The summed E-state index contributed by atoms with van der Waals surface area (Å²) in [5.74, 6) is -0.640. The Morgan fingerprint density at radius 1 is 1.53 bits per heavy atom. The summed E-state index contributed by atoms with van der Waals surface area (Å²) in [5.41, 5.74) is -0.0254. The summed E-state index contributed by atoms with van der Waals surface area (Å²) >= 11 is 5.81. The maximum atomic E-state index is 13.5. The number of ether oxygens (including phenoxy) is 1. The van der Waals surface area contributed by atoms with Gasteiger partial charge in [-0.2, -0.15) is 0 Å². The molecule has 1 heterocycles. The highest BCUT2D eigenvalue weighted by Gasteiger charge is 2.18. The van der Waals surface area contributed by atoms with Crippen LogP contribution in [0.5, 0.6) is 5.75 Å². The molecule has 88 valence electrons. The quantitative estimate of drug-likeness (QED) is 0.612.